The molecule has 0 atom stereocenters. The third-order valence-corrected chi connectivity index (χ3v) is 3.14. The van der Waals surface area contributed by atoms with E-state index in [4.69, 9.17) is 0 Å². The molecule has 2 rings (SSSR count). The third-order valence-electron chi connectivity index (χ3n) is 3.14. The maximum atomic E-state index is 10.3. The summed E-state index contributed by atoms with van der Waals surface area (Å²) < 4.78 is 0. The lowest BCUT2D eigenvalue weighted by Gasteiger charge is -2.31. The second kappa shape index (κ2) is 5.28. The summed E-state index contributed by atoms with van der Waals surface area (Å²) >= 11 is 0. The molecule has 1 aliphatic rings. The first-order valence-electron chi connectivity index (χ1n) is 5.93. The van der Waals surface area contributed by atoms with E-state index in [1.165, 1.54) is 5.56 Å². The van der Waals surface area contributed by atoms with Crippen LogP contribution in [0.5, 0.6) is 0 Å². The van der Waals surface area contributed by atoms with Gasteiger partial charge >= 0.3 is 0 Å². The number of hydrogen-bond donors (Lipinski definition) is 2. The van der Waals surface area contributed by atoms with Crippen molar-refractivity contribution in [2.45, 2.75) is 24.9 Å². The molecule has 16 heavy (non-hydrogen) atoms. The highest BCUT2D eigenvalue weighted by molar-refractivity contribution is 5.48. The zero-order chi connectivity index (χ0) is 11.3. The van der Waals surface area contributed by atoms with Crippen LogP contribution in [0.3, 0.4) is 0 Å². The van der Waals surface area contributed by atoms with Crippen LogP contribution in [0.2, 0.25) is 0 Å². The molecule has 0 amide bonds. The van der Waals surface area contributed by atoms with Crippen molar-refractivity contribution in [1.82, 2.24) is 5.32 Å². The zero-order valence-electron chi connectivity index (χ0n) is 9.52. The summed E-state index contributed by atoms with van der Waals surface area (Å²) in [5.41, 5.74) is 0.705. The van der Waals surface area contributed by atoms with Crippen molar-refractivity contribution in [2.24, 2.45) is 0 Å². The highest BCUT2D eigenvalue weighted by atomic mass is 16.3. The van der Waals surface area contributed by atoms with Crippen LogP contribution in [0, 0.1) is 0 Å². The van der Waals surface area contributed by atoms with Gasteiger partial charge in [-0.2, -0.15) is 0 Å². The van der Waals surface area contributed by atoms with Gasteiger partial charge in [0, 0.05) is 0 Å². The lowest BCUT2D eigenvalue weighted by molar-refractivity contribution is 0.0135. The van der Waals surface area contributed by atoms with Gasteiger partial charge in [0.15, 0.2) is 0 Å². The SMILES string of the molecule is OC1(C/C=C/c2ccccc2)CCNCC1. The highest BCUT2D eigenvalue weighted by Gasteiger charge is 2.27. The molecule has 0 saturated carbocycles. The van der Waals surface area contributed by atoms with E-state index in [0.717, 1.165) is 32.4 Å². The van der Waals surface area contributed by atoms with E-state index in [2.05, 4.69) is 29.6 Å². The third kappa shape index (κ3) is 3.19. The minimum Gasteiger partial charge on any atom is -0.389 e. The molecule has 1 fully saturated rings. The van der Waals surface area contributed by atoms with Gasteiger partial charge < -0.3 is 10.4 Å². The summed E-state index contributed by atoms with van der Waals surface area (Å²) in [6.07, 6.45) is 6.63. The van der Waals surface area contributed by atoms with Crippen LogP contribution >= 0.6 is 0 Å². The molecule has 2 heteroatoms. The van der Waals surface area contributed by atoms with E-state index < -0.39 is 5.60 Å². The number of hydrogen-bond acceptors (Lipinski definition) is 2. The van der Waals surface area contributed by atoms with E-state index >= 15 is 0 Å². The van der Waals surface area contributed by atoms with Crippen LogP contribution in [0.1, 0.15) is 24.8 Å². The molecule has 0 spiro atoms. The van der Waals surface area contributed by atoms with Crippen molar-refractivity contribution < 1.29 is 5.11 Å². The quantitative estimate of drug-likeness (QED) is 0.813. The highest BCUT2D eigenvalue weighted by Crippen LogP contribution is 2.22. The molecular formula is C14H19NO. The zero-order valence-corrected chi connectivity index (χ0v) is 9.52. The molecule has 0 aromatic heterocycles. The van der Waals surface area contributed by atoms with Crippen molar-refractivity contribution in [3.8, 4) is 0 Å². The Bertz CT molecular complexity index is 339. The van der Waals surface area contributed by atoms with Crippen molar-refractivity contribution in [3.63, 3.8) is 0 Å². The molecule has 1 aromatic rings. The molecule has 0 aliphatic carbocycles. The largest absolute Gasteiger partial charge is 0.389 e. The van der Waals surface area contributed by atoms with Gasteiger partial charge in [-0.3, -0.25) is 0 Å². The first-order chi connectivity index (χ1) is 7.79. The van der Waals surface area contributed by atoms with Crippen LogP contribution in [0.4, 0.5) is 0 Å². The van der Waals surface area contributed by atoms with E-state index in [1.807, 2.05) is 18.2 Å². The Balaban J connectivity index is 1.89. The second-order valence-corrected chi connectivity index (χ2v) is 4.49. The Morgan fingerprint density at radius 2 is 1.88 bits per heavy atom. The summed E-state index contributed by atoms with van der Waals surface area (Å²) in [7, 11) is 0. The monoisotopic (exact) mass is 217 g/mol. The summed E-state index contributed by atoms with van der Waals surface area (Å²) in [6, 6.07) is 10.2. The molecule has 0 radical (unpaired) electrons. The lowest BCUT2D eigenvalue weighted by Crippen LogP contribution is -2.41. The Morgan fingerprint density at radius 3 is 2.56 bits per heavy atom. The van der Waals surface area contributed by atoms with Crippen LogP contribution in [-0.4, -0.2) is 23.8 Å². The second-order valence-electron chi connectivity index (χ2n) is 4.49. The number of nitrogens with one attached hydrogen (secondary N) is 1. The van der Waals surface area contributed by atoms with Crippen molar-refractivity contribution in [1.29, 1.82) is 0 Å². The molecule has 86 valence electrons. The van der Waals surface area contributed by atoms with Gasteiger partial charge in [-0.1, -0.05) is 42.5 Å². The van der Waals surface area contributed by atoms with E-state index in [0.29, 0.717) is 0 Å². The topological polar surface area (TPSA) is 32.3 Å². The summed E-state index contributed by atoms with van der Waals surface area (Å²) in [5.74, 6) is 0. The molecular weight excluding hydrogens is 198 g/mol. The average molecular weight is 217 g/mol. The Labute approximate surface area is 97.0 Å². The minimum atomic E-state index is -0.490. The van der Waals surface area contributed by atoms with Gasteiger partial charge in [0.2, 0.25) is 0 Å². The van der Waals surface area contributed by atoms with Gasteiger partial charge in [0.05, 0.1) is 5.60 Å². The molecule has 1 heterocycles. The molecule has 0 bridgehead atoms. The van der Waals surface area contributed by atoms with Gasteiger partial charge in [-0.25, -0.2) is 0 Å². The normalized spacial score (nSPS) is 20.1. The first kappa shape index (κ1) is 11.4. The smallest absolute Gasteiger partial charge is 0.0706 e. The van der Waals surface area contributed by atoms with Crippen LogP contribution < -0.4 is 5.32 Å². The Morgan fingerprint density at radius 1 is 1.19 bits per heavy atom. The van der Waals surface area contributed by atoms with Crippen LogP contribution in [-0.2, 0) is 0 Å². The molecule has 2 nitrogen and oxygen atoms in total. The number of rotatable bonds is 3. The summed E-state index contributed by atoms with van der Waals surface area (Å²) in [4.78, 5) is 0. The van der Waals surface area contributed by atoms with E-state index in [-0.39, 0.29) is 0 Å². The van der Waals surface area contributed by atoms with Crippen LogP contribution in [0.15, 0.2) is 36.4 Å². The minimum absolute atomic E-state index is 0.490. The summed E-state index contributed by atoms with van der Waals surface area (Å²) in [6.45, 7) is 1.85. The molecule has 1 aromatic carbocycles. The predicted octanol–water partition coefficient (Wildman–Crippen LogP) is 2.20. The van der Waals surface area contributed by atoms with E-state index in [9.17, 15) is 5.11 Å². The lowest BCUT2D eigenvalue weighted by atomic mass is 9.89. The first-order valence-corrected chi connectivity index (χ1v) is 5.93. The molecule has 1 aliphatic heterocycles. The van der Waals surface area contributed by atoms with Gasteiger partial charge in [-0.15, -0.1) is 0 Å². The predicted molar refractivity (Wildman–Crippen MR) is 67.1 cm³/mol. The fourth-order valence-electron chi connectivity index (χ4n) is 2.07. The number of benzene rings is 1. The molecule has 0 unspecified atom stereocenters. The number of aliphatic hydroxyl groups is 1. The molecule has 1 saturated heterocycles. The van der Waals surface area contributed by atoms with Crippen LogP contribution in [0.25, 0.3) is 6.08 Å². The van der Waals surface area contributed by atoms with Gasteiger partial charge in [0.1, 0.15) is 0 Å². The molecule has 2 N–H and O–H groups in total. The maximum absolute atomic E-state index is 10.3. The Kier molecular flexibility index (Phi) is 3.75. The Hall–Kier alpha value is -1.12. The van der Waals surface area contributed by atoms with E-state index in [1.54, 1.807) is 0 Å². The summed E-state index contributed by atoms with van der Waals surface area (Å²) in [5, 5.41) is 13.5. The average Bonchev–Trinajstić information content (AvgIpc) is 2.31. The maximum Gasteiger partial charge on any atom is 0.0706 e. The van der Waals surface area contributed by atoms with Gasteiger partial charge in [-0.05, 0) is 37.9 Å². The van der Waals surface area contributed by atoms with Crippen molar-refractivity contribution >= 4 is 6.08 Å². The standard InChI is InChI=1S/C14H19NO/c16-14(9-11-15-12-10-14)8-4-7-13-5-2-1-3-6-13/h1-7,15-16H,8-12H2/b7-4+. The number of piperidine rings is 1. The van der Waals surface area contributed by atoms with Crippen molar-refractivity contribution in [3.05, 3.63) is 42.0 Å². The van der Waals surface area contributed by atoms with Gasteiger partial charge in [0.25, 0.3) is 0 Å². The fraction of sp³-hybridized carbons (Fsp3) is 0.429. The fourth-order valence-corrected chi connectivity index (χ4v) is 2.07. The van der Waals surface area contributed by atoms with Crippen molar-refractivity contribution in [2.75, 3.05) is 13.1 Å².